The largest absolute Gasteiger partial charge is 0.383 e. The Hall–Kier alpha value is -2.41. The number of nitrogens with zero attached hydrogens (tertiary/aromatic N) is 3. The summed E-state index contributed by atoms with van der Waals surface area (Å²) in [7, 11) is 0. The van der Waals surface area contributed by atoms with Crippen LogP contribution < -0.4 is 5.73 Å². The minimum Gasteiger partial charge on any atom is -0.383 e. The second kappa shape index (κ2) is 4.93. The molecule has 0 fully saturated rings. The van der Waals surface area contributed by atoms with E-state index in [4.69, 9.17) is 5.73 Å². The topological polar surface area (TPSA) is 75.6 Å². The number of rotatable bonds is 1. The summed E-state index contributed by atoms with van der Waals surface area (Å²) < 4.78 is 0. The molecule has 0 bridgehead atoms. The maximum absolute atomic E-state index is 9.44. The summed E-state index contributed by atoms with van der Waals surface area (Å²) in [4.78, 5) is 8.60. The summed E-state index contributed by atoms with van der Waals surface area (Å²) in [5, 5.41) is 9.44. The molecule has 2 aromatic rings. The molecule has 1 aliphatic carbocycles. The van der Waals surface area contributed by atoms with E-state index in [0.29, 0.717) is 17.3 Å². The van der Waals surface area contributed by atoms with Gasteiger partial charge in [-0.25, -0.2) is 4.98 Å². The summed E-state index contributed by atoms with van der Waals surface area (Å²) in [6, 6.07) is 6.07. The lowest BCUT2D eigenvalue weighted by Gasteiger charge is -2.24. The average molecular weight is 264 g/mol. The van der Waals surface area contributed by atoms with Crippen LogP contribution in [-0.4, -0.2) is 9.97 Å². The molecule has 0 spiro atoms. The molecule has 0 unspecified atom stereocenters. The van der Waals surface area contributed by atoms with Crippen molar-refractivity contribution in [1.82, 2.24) is 9.97 Å². The number of hydrogen-bond donors (Lipinski definition) is 1. The van der Waals surface area contributed by atoms with Crippen LogP contribution >= 0.6 is 0 Å². The molecule has 2 aromatic heterocycles. The van der Waals surface area contributed by atoms with Crippen LogP contribution in [0.2, 0.25) is 0 Å². The van der Waals surface area contributed by atoms with Gasteiger partial charge in [0.15, 0.2) is 0 Å². The van der Waals surface area contributed by atoms with Gasteiger partial charge in [-0.05, 0) is 36.8 Å². The highest BCUT2D eigenvalue weighted by atomic mass is 14.9. The Balaban J connectivity index is 2.30. The van der Waals surface area contributed by atoms with Gasteiger partial charge in [0.2, 0.25) is 0 Å². The van der Waals surface area contributed by atoms with E-state index in [1.807, 2.05) is 12.1 Å². The molecule has 2 N–H and O–H groups in total. The third-order valence-corrected chi connectivity index (χ3v) is 3.90. The molecule has 1 aliphatic rings. The van der Waals surface area contributed by atoms with Crippen LogP contribution in [-0.2, 0) is 12.8 Å². The molecular formula is C16H16N4. The van der Waals surface area contributed by atoms with E-state index in [9.17, 15) is 5.26 Å². The molecule has 100 valence electrons. The number of pyridine rings is 2. The molecule has 0 radical (unpaired) electrons. The molecule has 0 saturated heterocycles. The molecule has 4 nitrogen and oxygen atoms in total. The van der Waals surface area contributed by atoms with E-state index in [-0.39, 0.29) is 0 Å². The highest BCUT2D eigenvalue weighted by Gasteiger charge is 2.24. The Bertz CT molecular complexity index is 686. The maximum atomic E-state index is 9.44. The van der Waals surface area contributed by atoms with Crippen molar-refractivity contribution in [3.63, 3.8) is 0 Å². The number of hydrogen-bond acceptors (Lipinski definition) is 4. The van der Waals surface area contributed by atoms with Crippen LogP contribution in [0.1, 0.15) is 30.2 Å². The Morgan fingerprint density at radius 1 is 1.45 bits per heavy atom. The molecule has 0 aromatic carbocycles. The summed E-state index contributed by atoms with van der Waals surface area (Å²) in [6.45, 7) is 2.23. The Morgan fingerprint density at radius 3 is 3.00 bits per heavy atom. The van der Waals surface area contributed by atoms with Gasteiger partial charge in [-0.2, -0.15) is 5.26 Å². The molecule has 1 atom stereocenters. The molecule has 0 amide bonds. The number of nitriles is 1. The Labute approximate surface area is 118 Å². The van der Waals surface area contributed by atoms with Crippen LogP contribution in [0.25, 0.3) is 11.1 Å². The first-order chi connectivity index (χ1) is 9.70. The minimum absolute atomic E-state index is 0.333. The van der Waals surface area contributed by atoms with Gasteiger partial charge in [0, 0.05) is 29.2 Å². The number of nitrogens with two attached hydrogens (primary N) is 1. The predicted octanol–water partition coefficient (Wildman–Crippen LogP) is 2.72. The standard InChI is InChI=1S/C16H16N4/c1-10-4-5-14-12(7-10)15(11-3-2-6-19-9-11)13(8-17)16(18)20-14/h2-3,6,9-10H,4-5,7H2,1H3,(H2,18,20)/t10-/m1/s1. The van der Waals surface area contributed by atoms with Crippen LogP contribution in [0, 0.1) is 17.2 Å². The zero-order chi connectivity index (χ0) is 14.1. The van der Waals surface area contributed by atoms with Crippen molar-refractivity contribution in [2.45, 2.75) is 26.2 Å². The predicted molar refractivity (Wildman–Crippen MR) is 77.8 cm³/mol. The van der Waals surface area contributed by atoms with Crippen molar-refractivity contribution in [3.05, 3.63) is 41.3 Å². The highest BCUT2D eigenvalue weighted by Crippen LogP contribution is 2.36. The Kier molecular flexibility index (Phi) is 3.11. The van der Waals surface area contributed by atoms with E-state index in [1.165, 1.54) is 5.56 Å². The van der Waals surface area contributed by atoms with Gasteiger partial charge in [-0.1, -0.05) is 13.0 Å². The number of nitrogen functional groups attached to an aromatic ring is 1. The van der Waals surface area contributed by atoms with Crippen molar-refractivity contribution < 1.29 is 0 Å². The van der Waals surface area contributed by atoms with Crippen molar-refractivity contribution in [3.8, 4) is 17.2 Å². The third-order valence-electron chi connectivity index (χ3n) is 3.90. The van der Waals surface area contributed by atoms with Gasteiger partial charge in [0.05, 0.1) is 0 Å². The summed E-state index contributed by atoms with van der Waals surface area (Å²) in [6.07, 6.45) is 6.52. The second-order valence-electron chi connectivity index (χ2n) is 5.37. The zero-order valence-corrected chi connectivity index (χ0v) is 11.4. The first-order valence-corrected chi connectivity index (χ1v) is 6.82. The lowest BCUT2D eigenvalue weighted by Crippen LogP contribution is -2.16. The van der Waals surface area contributed by atoms with Crippen LogP contribution in [0.3, 0.4) is 0 Å². The van der Waals surface area contributed by atoms with Crippen molar-refractivity contribution in [1.29, 1.82) is 5.26 Å². The third kappa shape index (κ3) is 2.01. The van der Waals surface area contributed by atoms with Gasteiger partial charge >= 0.3 is 0 Å². The van der Waals surface area contributed by atoms with Gasteiger partial charge in [0.25, 0.3) is 0 Å². The smallest absolute Gasteiger partial charge is 0.142 e. The number of aromatic nitrogens is 2. The fourth-order valence-electron chi connectivity index (χ4n) is 2.89. The average Bonchev–Trinajstić information content (AvgIpc) is 2.47. The van der Waals surface area contributed by atoms with Crippen LogP contribution in [0.5, 0.6) is 0 Å². The minimum atomic E-state index is 0.333. The monoisotopic (exact) mass is 264 g/mol. The van der Waals surface area contributed by atoms with E-state index >= 15 is 0 Å². The van der Waals surface area contributed by atoms with Gasteiger partial charge in [0.1, 0.15) is 17.5 Å². The van der Waals surface area contributed by atoms with E-state index in [2.05, 4.69) is 23.0 Å². The fraction of sp³-hybridized carbons (Fsp3) is 0.312. The lowest BCUT2D eigenvalue weighted by molar-refractivity contribution is 0.495. The summed E-state index contributed by atoms with van der Waals surface area (Å²) in [5.41, 5.74) is 10.5. The SMILES string of the molecule is C[C@@H]1CCc2nc(N)c(C#N)c(-c3cccnc3)c2C1. The van der Waals surface area contributed by atoms with Gasteiger partial charge in [-0.15, -0.1) is 0 Å². The number of aryl methyl sites for hydroxylation is 1. The summed E-state index contributed by atoms with van der Waals surface area (Å²) in [5.74, 6) is 0.939. The van der Waals surface area contributed by atoms with Crippen molar-refractivity contribution in [2.75, 3.05) is 5.73 Å². The molecule has 0 aliphatic heterocycles. The Morgan fingerprint density at radius 2 is 2.30 bits per heavy atom. The van der Waals surface area contributed by atoms with E-state index in [1.54, 1.807) is 12.4 Å². The van der Waals surface area contributed by atoms with Crippen molar-refractivity contribution >= 4 is 5.82 Å². The molecule has 2 heterocycles. The van der Waals surface area contributed by atoms with Gasteiger partial charge in [-0.3, -0.25) is 4.98 Å². The molecule has 0 saturated carbocycles. The fourth-order valence-corrected chi connectivity index (χ4v) is 2.89. The number of fused-ring (bicyclic) bond motifs is 1. The first-order valence-electron chi connectivity index (χ1n) is 6.82. The number of anilines is 1. The van der Waals surface area contributed by atoms with Crippen LogP contribution in [0.4, 0.5) is 5.82 Å². The normalized spacial score (nSPS) is 17.3. The highest BCUT2D eigenvalue weighted by molar-refractivity contribution is 5.78. The van der Waals surface area contributed by atoms with Gasteiger partial charge < -0.3 is 5.73 Å². The maximum Gasteiger partial charge on any atom is 0.142 e. The lowest BCUT2D eigenvalue weighted by atomic mass is 9.82. The molecule has 3 rings (SSSR count). The van der Waals surface area contributed by atoms with E-state index < -0.39 is 0 Å². The van der Waals surface area contributed by atoms with Crippen molar-refractivity contribution in [2.24, 2.45) is 5.92 Å². The molecule has 20 heavy (non-hydrogen) atoms. The second-order valence-corrected chi connectivity index (χ2v) is 5.37. The molecule has 4 heteroatoms. The molecular weight excluding hydrogens is 248 g/mol. The summed E-state index contributed by atoms with van der Waals surface area (Å²) >= 11 is 0. The van der Waals surface area contributed by atoms with E-state index in [0.717, 1.165) is 36.1 Å². The quantitative estimate of drug-likeness (QED) is 0.859. The zero-order valence-electron chi connectivity index (χ0n) is 11.4. The van der Waals surface area contributed by atoms with Crippen LogP contribution in [0.15, 0.2) is 24.5 Å². The first kappa shape index (κ1) is 12.6.